The van der Waals surface area contributed by atoms with Gasteiger partial charge in [-0.05, 0) is 42.3 Å². The lowest BCUT2D eigenvalue weighted by molar-refractivity contribution is 0.275. The summed E-state index contributed by atoms with van der Waals surface area (Å²) in [7, 11) is 0. The van der Waals surface area contributed by atoms with Crippen LogP contribution in [0.2, 0.25) is 0 Å². The van der Waals surface area contributed by atoms with Gasteiger partial charge in [0, 0.05) is 24.1 Å². The zero-order valence-electron chi connectivity index (χ0n) is 11.3. The second-order valence-corrected chi connectivity index (χ2v) is 5.74. The highest BCUT2D eigenvalue weighted by Crippen LogP contribution is 2.21. The number of aliphatic hydroxyl groups is 1. The van der Waals surface area contributed by atoms with Crippen LogP contribution in [0.4, 0.5) is 0 Å². The molecule has 19 heavy (non-hydrogen) atoms. The Kier molecular flexibility index (Phi) is 5.58. The Morgan fingerprint density at radius 1 is 1.21 bits per heavy atom. The second-order valence-electron chi connectivity index (χ2n) is 4.74. The molecule has 1 atom stereocenters. The topological polar surface area (TPSA) is 32.3 Å². The van der Waals surface area contributed by atoms with Crippen molar-refractivity contribution in [2.24, 2.45) is 0 Å². The Balaban J connectivity index is 2.00. The van der Waals surface area contributed by atoms with Crippen molar-refractivity contribution >= 4 is 11.3 Å². The molecule has 3 heteroatoms. The summed E-state index contributed by atoms with van der Waals surface area (Å²) in [6.07, 6.45) is 1.79. The van der Waals surface area contributed by atoms with E-state index >= 15 is 0 Å². The third kappa shape index (κ3) is 4.16. The van der Waals surface area contributed by atoms with Crippen molar-refractivity contribution in [1.82, 2.24) is 5.32 Å². The molecule has 2 N–H and O–H groups in total. The lowest BCUT2D eigenvalue weighted by Gasteiger charge is -2.19. The number of hydrogen-bond acceptors (Lipinski definition) is 3. The maximum atomic E-state index is 9.03. The number of nitrogens with one attached hydrogen (secondary N) is 1. The zero-order chi connectivity index (χ0) is 13.5. The molecule has 0 fully saturated rings. The fourth-order valence-corrected chi connectivity index (χ4v) is 3.03. The molecule has 0 saturated carbocycles. The summed E-state index contributed by atoms with van der Waals surface area (Å²) < 4.78 is 0. The monoisotopic (exact) mass is 275 g/mol. The van der Waals surface area contributed by atoms with Gasteiger partial charge in [0.1, 0.15) is 0 Å². The SMILES string of the molecule is Cc1ccsc1CNC(CCCO)c1ccccc1. The number of aliphatic hydroxyl groups excluding tert-OH is 1. The molecule has 0 radical (unpaired) electrons. The van der Waals surface area contributed by atoms with Crippen molar-refractivity contribution in [3.63, 3.8) is 0 Å². The minimum atomic E-state index is 0.253. The van der Waals surface area contributed by atoms with E-state index in [9.17, 15) is 0 Å². The predicted molar refractivity (Wildman–Crippen MR) is 81.4 cm³/mol. The first-order valence-electron chi connectivity index (χ1n) is 6.73. The Labute approximate surface area is 119 Å². The molecule has 2 rings (SSSR count). The van der Waals surface area contributed by atoms with Crippen molar-refractivity contribution in [1.29, 1.82) is 0 Å². The average molecular weight is 275 g/mol. The average Bonchev–Trinajstić information content (AvgIpc) is 2.85. The highest BCUT2D eigenvalue weighted by molar-refractivity contribution is 7.10. The molecule has 0 saturated heterocycles. The Bertz CT molecular complexity index is 481. The summed E-state index contributed by atoms with van der Waals surface area (Å²) in [5, 5.41) is 14.8. The number of thiophene rings is 1. The van der Waals surface area contributed by atoms with Gasteiger partial charge in [0.05, 0.1) is 0 Å². The van der Waals surface area contributed by atoms with E-state index < -0.39 is 0 Å². The van der Waals surface area contributed by atoms with Gasteiger partial charge in [0.2, 0.25) is 0 Å². The van der Waals surface area contributed by atoms with E-state index in [2.05, 4.69) is 48.0 Å². The van der Waals surface area contributed by atoms with Gasteiger partial charge in [-0.1, -0.05) is 30.3 Å². The summed E-state index contributed by atoms with van der Waals surface area (Å²) in [6, 6.07) is 12.9. The number of aryl methyl sites for hydroxylation is 1. The molecule has 102 valence electrons. The van der Waals surface area contributed by atoms with E-state index in [0.29, 0.717) is 6.04 Å². The van der Waals surface area contributed by atoms with Crippen molar-refractivity contribution in [3.8, 4) is 0 Å². The zero-order valence-corrected chi connectivity index (χ0v) is 12.1. The molecular formula is C16H21NOS. The van der Waals surface area contributed by atoms with E-state index in [0.717, 1.165) is 19.4 Å². The van der Waals surface area contributed by atoms with Crippen LogP contribution in [0.5, 0.6) is 0 Å². The Morgan fingerprint density at radius 3 is 2.63 bits per heavy atom. The second kappa shape index (κ2) is 7.43. The van der Waals surface area contributed by atoms with E-state index in [1.807, 2.05) is 6.07 Å². The Hall–Kier alpha value is -1.16. The van der Waals surface area contributed by atoms with Gasteiger partial charge in [0.25, 0.3) is 0 Å². The molecular weight excluding hydrogens is 254 g/mol. The molecule has 0 bridgehead atoms. The first-order chi connectivity index (χ1) is 9.31. The molecule has 2 nitrogen and oxygen atoms in total. The minimum Gasteiger partial charge on any atom is -0.396 e. The molecule has 2 aromatic rings. The normalized spacial score (nSPS) is 12.5. The third-order valence-corrected chi connectivity index (χ3v) is 4.35. The summed E-state index contributed by atoms with van der Waals surface area (Å²) >= 11 is 1.80. The minimum absolute atomic E-state index is 0.253. The maximum Gasteiger partial charge on any atom is 0.0431 e. The van der Waals surface area contributed by atoms with Crippen LogP contribution in [-0.2, 0) is 6.54 Å². The van der Waals surface area contributed by atoms with Crippen LogP contribution in [0, 0.1) is 6.92 Å². The number of benzene rings is 1. The van der Waals surface area contributed by atoms with Gasteiger partial charge in [-0.2, -0.15) is 0 Å². The molecule has 0 spiro atoms. The van der Waals surface area contributed by atoms with Crippen LogP contribution in [0.15, 0.2) is 41.8 Å². The fourth-order valence-electron chi connectivity index (χ4n) is 2.17. The standard InChI is InChI=1S/C16H21NOS/c1-13-9-11-19-16(13)12-17-15(8-5-10-18)14-6-3-2-4-7-14/h2-4,6-7,9,11,15,17-18H,5,8,10,12H2,1H3. The Morgan fingerprint density at radius 2 is 2.00 bits per heavy atom. The van der Waals surface area contributed by atoms with Gasteiger partial charge < -0.3 is 10.4 Å². The van der Waals surface area contributed by atoms with Crippen molar-refractivity contribution in [3.05, 3.63) is 57.8 Å². The van der Waals surface area contributed by atoms with E-state index in [-0.39, 0.29) is 6.61 Å². The third-order valence-electron chi connectivity index (χ3n) is 3.33. The lowest BCUT2D eigenvalue weighted by Crippen LogP contribution is -2.21. The van der Waals surface area contributed by atoms with Crippen LogP contribution < -0.4 is 5.32 Å². The fraction of sp³-hybridized carbons (Fsp3) is 0.375. The largest absolute Gasteiger partial charge is 0.396 e. The van der Waals surface area contributed by atoms with E-state index in [1.165, 1.54) is 16.0 Å². The van der Waals surface area contributed by atoms with Gasteiger partial charge in [-0.15, -0.1) is 11.3 Å². The van der Waals surface area contributed by atoms with Gasteiger partial charge in [-0.25, -0.2) is 0 Å². The van der Waals surface area contributed by atoms with Gasteiger partial charge >= 0.3 is 0 Å². The molecule has 0 amide bonds. The van der Waals surface area contributed by atoms with E-state index in [4.69, 9.17) is 5.11 Å². The van der Waals surface area contributed by atoms with Gasteiger partial charge in [0.15, 0.2) is 0 Å². The van der Waals surface area contributed by atoms with Crippen LogP contribution in [0.1, 0.15) is 34.9 Å². The molecule has 1 aromatic heterocycles. The number of hydrogen-bond donors (Lipinski definition) is 2. The lowest BCUT2D eigenvalue weighted by atomic mass is 10.0. The molecule has 1 aromatic carbocycles. The summed E-state index contributed by atoms with van der Waals surface area (Å²) in [5.74, 6) is 0. The molecule has 0 aliphatic heterocycles. The molecule has 0 aliphatic carbocycles. The number of rotatable bonds is 7. The van der Waals surface area contributed by atoms with Crippen molar-refractivity contribution < 1.29 is 5.11 Å². The summed E-state index contributed by atoms with van der Waals surface area (Å²) in [5.41, 5.74) is 2.65. The van der Waals surface area contributed by atoms with Crippen molar-refractivity contribution in [2.45, 2.75) is 32.4 Å². The highest BCUT2D eigenvalue weighted by atomic mass is 32.1. The quantitative estimate of drug-likeness (QED) is 0.808. The summed E-state index contributed by atoms with van der Waals surface area (Å²) in [4.78, 5) is 1.39. The van der Waals surface area contributed by atoms with Crippen LogP contribution in [0.25, 0.3) is 0 Å². The summed E-state index contributed by atoms with van der Waals surface area (Å²) in [6.45, 7) is 3.30. The molecule has 0 aliphatic rings. The highest BCUT2D eigenvalue weighted by Gasteiger charge is 2.11. The first kappa shape index (κ1) is 14.3. The maximum absolute atomic E-state index is 9.03. The molecule has 1 heterocycles. The van der Waals surface area contributed by atoms with E-state index in [1.54, 1.807) is 11.3 Å². The predicted octanol–water partition coefficient (Wildman–Crippen LogP) is 3.66. The van der Waals surface area contributed by atoms with Crippen molar-refractivity contribution in [2.75, 3.05) is 6.61 Å². The smallest absolute Gasteiger partial charge is 0.0431 e. The van der Waals surface area contributed by atoms with Gasteiger partial charge in [-0.3, -0.25) is 0 Å². The van der Waals surface area contributed by atoms with Crippen LogP contribution in [-0.4, -0.2) is 11.7 Å². The van der Waals surface area contributed by atoms with Crippen LogP contribution in [0.3, 0.4) is 0 Å². The van der Waals surface area contributed by atoms with Crippen LogP contribution >= 0.6 is 11.3 Å². The first-order valence-corrected chi connectivity index (χ1v) is 7.61. The molecule has 1 unspecified atom stereocenters.